The van der Waals surface area contributed by atoms with Crippen molar-refractivity contribution in [2.24, 2.45) is 5.16 Å². The molecule has 104 valence electrons. The van der Waals surface area contributed by atoms with Gasteiger partial charge in [0.1, 0.15) is 0 Å². The lowest BCUT2D eigenvalue weighted by molar-refractivity contribution is 0.0600. The molecule has 0 saturated carbocycles. The highest BCUT2D eigenvalue weighted by molar-refractivity contribution is 5.90. The number of oxime groups is 1. The molecule has 2 aromatic rings. The Morgan fingerprint density at radius 1 is 1.14 bits per heavy atom. The van der Waals surface area contributed by atoms with Crippen LogP contribution in [0.4, 0.5) is 0 Å². The molecule has 0 saturated heterocycles. The van der Waals surface area contributed by atoms with E-state index in [9.17, 15) is 4.79 Å². The molecule has 0 atom stereocenters. The number of methoxy groups -OCH3 is 1. The van der Waals surface area contributed by atoms with Crippen molar-refractivity contribution in [1.29, 1.82) is 5.26 Å². The van der Waals surface area contributed by atoms with Crippen LogP contribution in [0.15, 0.2) is 53.7 Å². The zero-order valence-electron chi connectivity index (χ0n) is 11.3. The average Bonchev–Trinajstić information content (AvgIpc) is 2.55. The fourth-order valence-corrected chi connectivity index (χ4v) is 1.56. The summed E-state index contributed by atoms with van der Waals surface area (Å²) in [5, 5.41) is 12.5. The summed E-state index contributed by atoms with van der Waals surface area (Å²) in [6.07, 6.45) is 1.53. The molecule has 2 rings (SSSR count). The highest BCUT2D eigenvalue weighted by Gasteiger charge is 2.03. The molecule has 0 spiro atoms. The molecule has 0 unspecified atom stereocenters. The fraction of sp³-hybridized carbons (Fsp3) is 0.0625. The number of benzene rings is 2. The molecule has 0 aromatic heterocycles. The third-order valence-corrected chi connectivity index (χ3v) is 2.68. The summed E-state index contributed by atoms with van der Waals surface area (Å²) in [4.78, 5) is 16.4. The van der Waals surface area contributed by atoms with E-state index in [1.165, 1.54) is 13.3 Å². The van der Waals surface area contributed by atoms with Crippen molar-refractivity contribution in [2.75, 3.05) is 7.11 Å². The highest BCUT2D eigenvalue weighted by Crippen LogP contribution is 2.11. The van der Waals surface area contributed by atoms with Gasteiger partial charge in [0.2, 0.25) is 0 Å². The summed E-state index contributed by atoms with van der Waals surface area (Å²) >= 11 is 0. The maximum absolute atomic E-state index is 11.3. The van der Waals surface area contributed by atoms with Crippen LogP contribution in [-0.4, -0.2) is 19.3 Å². The van der Waals surface area contributed by atoms with Crippen molar-refractivity contribution in [3.8, 4) is 11.8 Å². The third-order valence-electron chi connectivity index (χ3n) is 2.68. The van der Waals surface area contributed by atoms with Gasteiger partial charge in [-0.2, -0.15) is 5.26 Å². The van der Waals surface area contributed by atoms with Crippen LogP contribution < -0.4 is 4.84 Å². The first-order chi connectivity index (χ1) is 10.2. The first kappa shape index (κ1) is 14.3. The van der Waals surface area contributed by atoms with Crippen LogP contribution in [0.25, 0.3) is 0 Å². The molecular weight excluding hydrogens is 268 g/mol. The van der Waals surface area contributed by atoms with Crippen LogP contribution in [0.1, 0.15) is 21.5 Å². The minimum absolute atomic E-state index is 0.382. The summed E-state index contributed by atoms with van der Waals surface area (Å²) in [5.74, 6) is 0.156. The lowest BCUT2D eigenvalue weighted by Crippen LogP contribution is -2.00. The molecule has 0 radical (unpaired) electrons. The molecule has 0 aliphatic carbocycles. The predicted molar refractivity (Wildman–Crippen MR) is 77.2 cm³/mol. The highest BCUT2D eigenvalue weighted by atomic mass is 16.6. The van der Waals surface area contributed by atoms with Crippen molar-refractivity contribution in [1.82, 2.24) is 0 Å². The van der Waals surface area contributed by atoms with Crippen LogP contribution >= 0.6 is 0 Å². The van der Waals surface area contributed by atoms with Gasteiger partial charge in [-0.25, -0.2) is 4.79 Å². The van der Waals surface area contributed by atoms with E-state index in [0.29, 0.717) is 16.9 Å². The second-order valence-electron chi connectivity index (χ2n) is 4.08. The SMILES string of the molecule is COC(=O)c1ccc(/C=N/Oc2ccc(C#N)cc2)cc1. The van der Waals surface area contributed by atoms with Crippen LogP contribution in [0.2, 0.25) is 0 Å². The third kappa shape index (κ3) is 3.91. The second-order valence-corrected chi connectivity index (χ2v) is 4.08. The Kier molecular flexibility index (Phi) is 4.67. The minimum Gasteiger partial charge on any atom is -0.465 e. The van der Waals surface area contributed by atoms with Crippen molar-refractivity contribution in [3.63, 3.8) is 0 Å². The molecule has 0 N–H and O–H groups in total. The van der Waals surface area contributed by atoms with Gasteiger partial charge in [0, 0.05) is 0 Å². The van der Waals surface area contributed by atoms with Crippen molar-refractivity contribution >= 4 is 12.2 Å². The van der Waals surface area contributed by atoms with Crippen molar-refractivity contribution < 1.29 is 14.4 Å². The van der Waals surface area contributed by atoms with Crippen LogP contribution in [0.5, 0.6) is 5.75 Å². The standard InChI is InChI=1S/C16H12N2O3/c1-20-16(19)14-6-2-13(3-7-14)11-18-21-15-8-4-12(10-17)5-9-15/h2-9,11H,1H3/b18-11+. The first-order valence-electron chi connectivity index (χ1n) is 6.12. The van der Waals surface area contributed by atoms with Gasteiger partial charge in [0.25, 0.3) is 0 Å². The number of ether oxygens (including phenoxy) is 1. The topological polar surface area (TPSA) is 71.7 Å². The van der Waals surface area contributed by atoms with Gasteiger partial charge < -0.3 is 9.57 Å². The molecular formula is C16H12N2O3. The molecule has 0 amide bonds. The number of hydrogen-bond donors (Lipinski definition) is 0. The minimum atomic E-state index is -0.382. The molecule has 0 fully saturated rings. The van der Waals surface area contributed by atoms with Gasteiger partial charge in [-0.15, -0.1) is 0 Å². The molecule has 0 bridgehead atoms. The van der Waals surface area contributed by atoms with Crippen LogP contribution in [-0.2, 0) is 4.74 Å². The van der Waals surface area contributed by atoms with Gasteiger partial charge in [0.15, 0.2) is 5.75 Å². The Morgan fingerprint density at radius 3 is 2.38 bits per heavy atom. The van der Waals surface area contributed by atoms with Gasteiger partial charge in [-0.05, 0) is 42.0 Å². The van der Waals surface area contributed by atoms with Crippen LogP contribution in [0.3, 0.4) is 0 Å². The predicted octanol–water partition coefficient (Wildman–Crippen LogP) is 2.76. The molecule has 2 aromatic carbocycles. The summed E-state index contributed by atoms with van der Waals surface area (Å²) in [6.45, 7) is 0. The largest absolute Gasteiger partial charge is 0.465 e. The van der Waals surface area contributed by atoms with E-state index in [1.54, 1.807) is 48.5 Å². The number of hydrogen-bond acceptors (Lipinski definition) is 5. The Hall–Kier alpha value is -3.13. The molecule has 0 aliphatic rings. The molecule has 21 heavy (non-hydrogen) atoms. The van der Waals surface area contributed by atoms with Gasteiger partial charge in [0.05, 0.1) is 30.5 Å². The maximum atomic E-state index is 11.3. The van der Waals surface area contributed by atoms with E-state index >= 15 is 0 Å². The smallest absolute Gasteiger partial charge is 0.337 e. The van der Waals surface area contributed by atoms with Gasteiger partial charge >= 0.3 is 5.97 Å². The van der Waals surface area contributed by atoms with Gasteiger partial charge in [-0.1, -0.05) is 17.3 Å². The van der Waals surface area contributed by atoms with Gasteiger partial charge in [-0.3, -0.25) is 0 Å². The summed E-state index contributed by atoms with van der Waals surface area (Å²) in [5.41, 5.74) is 1.82. The average molecular weight is 280 g/mol. The van der Waals surface area contributed by atoms with E-state index < -0.39 is 0 Å². The molecule has 5 nitrogen and oxygen atoms in total. The van der Waals surface area contributed by atoms with E-state index in [2.05, 4.69) is 9.89 Å². The zero-order valence-corrected chi connectivity index (χ0v) is 11.3. The quantitative estimate of drug-likeness (QED) is 0.490. The summed E-state index contributed by atoms with van der Waals surface area (Å²) < 4.78 is 4.61. The van der Waals surface area contributed by atoms with E-state index in [1.807, 2.05) is 6.07 Å². The number of carbonyl (C=O) groups is 1. The first-order valence-corrected chi connectivity index (χ1v) is 6.12. The Labute approximate surface area is 122 Å². The number of nitrogens with zero attached hydrogens (tertiary/aromatic N) is 2. The second kappa shape index (κ2) is 6.87. The number of esters is 1. The number of carbonyl (C=O) groups excluding carboxylic acids is 1. The maximum Gasteiger partial charge on any atom is 0.337 e. The number of nitriles is 1. The van der Waals surface area contributed by atoms with Crippen LogP contribution in [0, 0.1) is 11.3 Å². The Morgan fingerprint density at radius 2 is 1.81 bits per heavy atom. The van der Waals surface area contributed by atoms with Crippen molar-refractivity contribution in [2.45, 2.75) is 0 Å². The van der Waals surface area contributed by atoms with E-state index in [0.717, 1.165) is 5.56 Å². The summed E-state index contributed by atoms with van der Waals surface area (Å²) in [7, 11) is 1.34. The lowest BCUT2D eigenvalue weighted by atomic mass is 10.1. The molecule has 0 heterocycles. The normalized spacial score (nSPS) is 10.1. The lowest BCUT2D eigenvalue weighted by Gasteiger charge is -2.00. The fourth-order valence-electron chi connectivity index (χ4n) is 1.56. The van der Waals surface area contributed by atoms with Crippen molar-refractivity contribution in [3.05, 3.63) is 65.2 Å². The Balaban J connectivity index is 1.97. The zero-order chi connectivity index (χ0) is 15.1. The molecule has 5 heteroatoms. The van der Waals surface area contributed by atoms with E-state index in [4.69, 9.17) is 10.1 Å². The summed E-state index contributed by atoms with van der Waals surface area (Å²) in [6, 6.07) is 15.4. The molecule has 0 aliphatic heterocycles. The monoisotopic (exact) mass is 280 g/mol. The number of rotatable bonds is 4. The Bertz CT molecular complexity index is 683. The van der Waals surface area contributed by atoms with E-state index in [-0.39, 0.29) is 5.97 Å².